The normalized spacial score (nSPS) is 53.3. The van der Waals surface area contributed by atoms with E-state index in [4.69, 9.17) is 0 Å². The number of ketones is 1. The lowest BCUT2D eigenvalue weighted by Gasteiger charge is -2.54. The van der Waals surface area contributed by atoms with Gasteiger partial charge >= 0.3 is 0 Å². The van der Waals surface area contributed by atoms with Crippen LogP contribution in [0.2, 0.25) is 0 Å². The van der Waals surface area contributed by atoms with Crippen molar-refractivity contribution >= 4 is 5.78 Å². The van der Waals surface area contributed by atoms with Crippen LogP contribution in [-0.2, 0) is 4.79 Å². The van der Waals surface area contributed by atoms with Gasteiger partial charge in [0.2, 0.25) is 0 Å². The second-order valence-corrected chi connectivity index (χ2v) is 8.30. The van der Waals surface area contributed by atoms with Crippen LogP contribution >= 0.6 is 0 Å². The van der Waals surface area contributed by atoms with Crippen molar-refractivity contribution in [2.75, 3.05) is 0 Å². The third kappa shape index (κ3) is 1.83. The van der Waals surface area contributed by atoms with Crippen LogP contribution in [0.5, 0.6) is 0 Å². The maximum absolute atomic E-state index is 11.9. The first-order chi connectivity index (χ1) is 9.17. The van der Waals surface area contributed by atoms with Gasteiger partial charge < -0.3 is 0 Å². The summed E-state index contributed by atoms with van der Waals surface area (Å²) in [6, 6.07) is 0. The second-order valence-electron chi connectivity index (χ2n) is 8.30. The van der Waals surface area contributed by atoms with Crippen molar-refractivity contribution in [2.45, 2.75) is 71.1 Å². The Morgan fingerprint density at radius 1 is 0.947 bits per heavy atom. The summed E-state index contributed by atoms with van der Waals surface area (Å²) in [7, 11) is 0. The first-order valence-corrected chi connectivity index (χ1v) is 8.69. The van der Waals surface area contributed by atoms with Crippen molar-refractivity contribution in [1.82, 2.24) is 0 Å². The summed E-state index contributed by atoms with van der Waals surface area (Å²) in [5.74, 6) is 5.16. The van der Waals surface area contributed by atoms with Crippen molar-refractivity contribution in [3.8, 4) is 0 Å². The fourth-order valence-corrected chi connectivity index (χ4v) is 6.61. The van der Waals surface area contributed by atoms with Crippen molar-refractivity contribution in [1.29, 1.82) is 0 Å². The van der Waals surface area contributed by atoms with Crippen LogP contribution in [0.15, 0.2) is 0 Å². The molecule has 1 nitrogen and oxygen atoms in total. The lowest BCUT2D eigenvalue weighted by molar-refractivity contribution is -0.127. The molecule has 4 rings (SSSR count). The largest absolute Gasteiger partial charge is 0.300 e. The van der Waals surface area contributed by atoms with Crippen molar-refractivity contribution in [3.63, 3.8) is 0 Å². The highest BCUT2D eigenvalue weighted by atomic mass is 16.1. The van der Waals surface area contributed by atoms with E-state index in [0.717, 1.165) is 42.4 Å². The van der Waals surface area contributed by atoms with Crippen LogP contribution < -0.4 is 0 Å². The molecule has 4 saturated carbocycles. The van der Waals surface area contributed by atoms with Gasteiger partial charge in [0.05, 0.1) is 0 Å². The number of carbonyl (C=O) groups excluding carboxylic acids is 1. The van der Waals surface area contributed by atoms with E-state index in [0.29, 0.717) is 11.2 Å². The van der Waals surface area contributed by atoms with Gasteiger partial charge in [-0.3, -0.25) is 4.79 Å². The molecule has 19 heavy (non-hydrogen) atoms. The Morgan fingerprint density at radius 2 is 1.84 bits per heavy atom. The SMILES string of the molecule is C[C@@]12CCC[C@H]1[C@@H]1CCC3CCC(=O)C[C@@H]3[C@H]1CC2. The highest BCUT2D eigenvalue weighted by Gasteiger charge is 2.53. The summed E-state index contributed by atoms with van der Waals surface area (Å²) in [4.78, 5) is 11.9. The molecule has 0 aliphatic heterocycles. The minimum atomic E-state index is 0.571. The molecule has 0 spiro atoms. The van der Waals surface area contributed by atoms with E-state index in [2.05, 4.69) is 6.92 Å². The van der Waals surface area contributed by atoms with Crippen LogP contribution in [0.25, 0.3) is 0 Å². The van der Waals surface area contributed by atoms with E-state index in [1.165, 1.54) is 51.4 Å². The number of hydrogen-bond donors (Lipinski definition) is 0. The molecule has 1 unspecified atom stereocenters. The summed E-state index contributed by atoms with van der Waals surface area (Å²) in [6.45, 7) is 2.57. The van der Waals surface area contributed by atoms with Gasteiger partial charge in [0, 0.05) is 12.8 Å². The van der Waals surface area contributed by atoms with Crippen LogP contribution in [0.1, 0.15) is 71.1 Å². The highest BCUT2D eigenvalue weighted by molar-refractivity contribution is 5.79. The lowest BCUT2D eigenvalue weighted by Crippen LogP contribution is -2.47. The quantitative estimate of drug-likeness (QED) is 0.622. The predicted molar refractivity (Wildman–Crippen MR) is 76.7 cm³/mol. The summed E-state index contributed by atoms with van der Waals surface area (Å²) >= 11 is 0. The lowest BCUT2D eigenvalue weighted by atomic mass is 9.51. The minimum absolute atomic E-state index is 0.571. The monoisotopic (exact) mass is 260 g/mol. The van der Waals surface area contributed by atoms with Crippen LogP contribution in [-0.4, -0.2) is 5.78 Å². The number of Topliss-reactive ketones (excluding diaryl/α,β-unsaturated/α-hetero) is 1. The first-order valence-electron chi connectivity index (χ1n) is 8.69. The molecule has 106 valence electrons. The summed E-state index contributed by atoms with van der Waals surface area (Å²) < 4.78 is 0. The van der Waals surface area contributed by atoms with Gasteiger partial charge in [-0.1, -0.05) is 13.3 Å². The van der Waals surface area contributed by atoms with E-state index in [1.807, 2.05) is 0 Å². The molecule has 0 aromatic rings. The molecule has 0 heterocycles. The fourth-order valence-electron chi connectivity index (χ4n) is 6.61. The summed E-state index contributed by atoms with van der Waals surface area (Å²) in [5, 5.41) is 0. The average Bonchev–Trinajstić information content (AvgIpc) is 2.80. The van der Waals surface area contributed by atoms with E-state index in [9.17, 15) is 4.79 Å². The standard InChI is InChI=1S/C18H28O/c1-18-9-2-3-17(18)15-7-5-12-4-6-13(19)11-16(12)14(15)8-10-18/h12,14-17H,2-11H2,1H3/t12?,14-,15+,16-,17-,18-/m0/s1. The van der Waals surface area contributed by atoms with Gasteiger partial charge in [0.15, 0.2) is 0 Å². The molecule has 0 saturated heterocycles. The van der Waals surface area contributed by atoms with Gasteiger partial charge in [-0.05, 0) is 80.0 Å². The van der Waals surface area contributed by atoms with E-state index >= 15 is 0 Å². The third-order valence-electron chi connectivity index (χ3n) is 7.56. The molecule has 0 aromatic carbocycles. The molecule has 0 amide bonds. The molecule has 6 atom stereocenters. The Labute approximate surface area is 117 Å². The Hall–Kier alpha value is -0.330. The third-order valence-corrected chi connectivity index (χ3v) is 7.56. The Morgan fingerprint density at radius 3 is 2.74 bits per heavy atom. The first kappa shape index (κ1) is 12.4. The molecule has 4 aliphatic carbocycles. The zero-order chi connectivity index (χ0) is 13.0. The molecule has 0 bridgehead atoms. The molecule has 4 fully saturated rings. The highest BCUT2D eigenvalue weighted by Crippen LogP contribution is 2.62. The Balaban J connectivity index is 1.59. The van der Waals surface area contributed by atoms with Crippen molar-refractivity contribution in [2.24, 2.45) is 35.0 Å². The van der Waals surface area contributed by atoms with E-state index < -0.39 is 0 Å². The molecular weight excluding hydrogens is 232 g/mol. The fraction of sp³-hybridized carbons (Fsp3) is 0.944. The maximum atomic E-state index is 11.9. The summed E-state index contributed by atoms with van der Waals surface area (Å²) in [5.41, 5.74) is 0.673. The molecule has 0 N–H and O–H groups in total. The molecular formula is C18H28O. The van der Waals surface area contributed by atoms with Gasteiger partial charge in [-0.15, -0.1) is 0 Å². The van der Waals surface area contributed by atoms with Crippen LogP contribution in [0, 0.1) is 35.0 Å². The molecule has 1 heteroatoms. The van der Waals surface area contributed by atoms with Crippen LogP contribution in [0.3, 0.4) is 0 Å². The van der Waals surface area contributed by atoms with E-state index in [1.54, 1.807) is 0 Å². The zero-order valence-electron chi connectivity index (χ0n) is 12.4. The minimum Gasteiger partial charge on any atom is -0.300 e. The zero-order valence-corrected chi connectivity index (χ0v) is 12.4. The average molecular weight is 260 g/mol. The maximum Gasteiger partial charge on any atom is 0.133 e. The topological polar surface area (TPSA) is 17.1 Å². The van der Waals surface area contributed by atoms with Gasteiger partial charge in [-0.2, -0.15) is 0 Å². The van der Waals surface area contributed by atoms with E-state index in [-0.39, 0.29) is 0 Å². The number of rotatable bonds is 0. The molecule has 0 radical (unpaired) electrons. The number of carbonyl (C=O) groups is 1. The number of fused-ring (bicyclic) bond motifs is 5. The summed E-state index contributed by atoms with van der Waals surface area (Å²) in [6.07, 6.45) is 13.3. The second kappa shape index (κ2) is 4.33. The Bertz CT molecular complexity index is 387. The van der Waals surface area contributed by atoms with Gasteiger partial charge in [0.25, 0.3) is 0 Å². The van der Waals surface area contributed by atoms with Crippen molar-refractivity contribution < 1.29 is 4.79 Å². The van der Waals surface area contributed by atoms with Crippen LogP contribution in [0.4, 0.5) is 0 Å². The predicted octanol–water partition coefficient (Wildman–Crippen LogP) is 4.60. The molecule has 0 aromatic heterocycles. The van der Waals surface area contributed by atoms with Crippen molar-refractivity contribution in [3.05, 3.63) is 0 Å². The van der Waals surface area contributed by atoms with Gasteiger partial charge in [0.1, 0.15) is 5.78 Å². The Kier molecular flexibility index (Phi) is 2.83. The molecule has 4 aliphatic rings. The smallest absolute Gasteiger partial charge is 0.133 e. The van der Waals surface area contributed by atoms with Gasteiger partial charge in [-0.25, -0.2) is 0 Å². The number of hydrogen-bond acceptors (Lipinski definition) is 1.